The summed E-state index contributed by atoms with van der Waals surface area (Å²) in [6.07, 6.45) is 3.20. The van der Waals surface area contributed by atoms with Crippen LogP contribution < -0.4 is 0 Å². The van der Waals surface area contributed by atoms with E-state index in [1.165, 1.54) is 0 Å². The van der Waals surface area contributed by atoms with Crippen molar-refractivity contribution >= 4 is 22.7 Å². The molecule has 3 heterocycles. The summed E-state index contributed by atoms with van der Waals surface area (Å²) >= 11 is 0. The highest BCUT2D eigenvalue weighted by molar-refractivity contribution is 5.98. The number of imidazole rings is 1. The first-order valence-electron chi connectivity index (χ1n) is 8.41. The van der Waals surface area contributed by atoms with Crippen LogP contribution in [-0.2, 0) is 0 Å². The number of para-hydroxylation sites is 2. The molecule has 1 aromatic carbocycles. The standard InChI is InChI=1S/C19H18N4O2/c24-17(16-9-3-4-10-20-16)13-6-5-11-23(12-13)19(25)18-21-14-7-1-2-8-15(14)22-18/h1-4,7-10,13H,5-6,11-12H2,(H,21,22). The molecule has 0 radical (unpaired) electrons. The third-order valence-corrected chi connectivity index (χ3v) is 4.59. The number of fused-ring (bicyclic) bond motifs is 1. The first-order chi connectivity index (χ1) is 12.2. The smallest absolute Gasteiger partial charge is 0.289 e. The third kappa shape index (κ3) is 3.03. The molecule has 126 valence electrons. The zero-order valence-corrected chi connectivity index (χ0v) is 13.7. The summed E-state index contributed by atoms with van der Waals surface area (Å²) in [6.45, 7) is 1.05. The van der Waals surface area contributed by atoms with Crippen LogP contribution in [0.25, 0.3) is 11.0 Å². The SMILES string of the molecule is O=C(c1ccccn1)C1CCCN(C(=O)c2nc3ccccc3[nH]2)C1. The molecule has 1 aliphatic rings. The van der Waals surface area contributed by atoms with Gasteiger partial charge in [0.1, 0.15) is 5.69 Å². The fourth-order valence-electron chi connectivity index (χ4n) is 3.30. The number of pyridine rings is 1. The number of rotatable bonds is 3. The molecule has 6 nitrogen and oxygen atoms in total. The highest BCUT2D eigenvalue weighted by atomic mass is 16.2. The molecular weight excluding hydrogens is 316 g/mol. The average molecular weight is 334 g/mol. The second-order valence-corrected chi connectivity index (χ2v) is 6.27. The van der Waals surface area contributed by atoms with Gasteiger partial charge in [0, 0.05) is 25.2 Å². The number of aromatic amines is 1. The van der Waals surface area contributed by atoms with Gasteiger partial charge in [-0.25, -0.2) is 4.98 Å². The second-order valence-electron chi connectivity index (χ2n) is 6.27. The lowest BCUT2D eigenvalue weighted by atomic mass is 9.92. The number of ketones is 1. The van der Waals surface area contributed by atoms with Crippen molar-refractivity contribution in [2.45, 2.75) is 12.8 Å². The molecule has 4 rings (SSSR count). The van der Waals surface area contributed by atoms with Gasteiger partial charge in [-0.3, -0.25) is 14.6 Å². The maximum absolute atomic E-state index is 12.8. The van der Waals surface area contributed by atoms with Gasteiger partial charge in [-0.15, -0.1) is 0 Å². The van der Waals surface area contributed by atoms with Crippen LogP contribution in [0, 0.1) is 5.92 Å². The Bertz CT molecular complexity index is 886. The Morgan fingerprint density at radius 2 is 1.96 bits per heavy atom. The number of carbonyl (C=O) groups excluding carboxylic acids is 2. The second kappa shape index (κ2) is 6.47. The Labute approximate surface area is 144 Å². The number of aromatic nitrogens is 3. The number of carbonyl (C=O) groups is 2. The minimum absolute atomic E-state index is 0.00251. The summed E-state index contributed by atoms with van der Waals surface area (Å²) in [5.74, 6) is -0.0402. The molecule has 3 aromatic rings. The van der Waals surface area contributed by atoms with Crippen LogP contribution in [0.1, 0.15) is 33.9 Å². The average Bonchev–Trinajstić information content (AvgIpc) is 3.12. The summed E-state index contributed by atoms with van der Waals surface area (Å²) in [4.78, 5) is 38.7. The Hall–Kier alpha value is -3.02. The van der Waals surface area contributed by atoms with E-state index in [2.05, 4.69) is 15.0 Å². The van der Waals surface area contributed by atoms with E-state index in [1.54, 1.807) is 29.3 Å². The van der Waals surface area contributed by atoms with E-state index in [9.17, 15) is 9.59 Å². The Morgan fingerprint density at radius 3 is 2.76 bits per heavy atom. The highest BCUT2D eigenvalue weighted by Gasteiger charge is 2.31. The van der Waals surface area contributed by atoms with Crippen LogP contribution in [0.2, 0.25) is 0 Å². The number of nitrogens with one attached hydrogen (secondary N) is 1. The van der Waals surface area contributed by atoms with E-state index in [4.69, 9.17) is 0 Å². The molecule has 1 amide bonds. The van der Waals surface area contributed by atoms with Gasteiger partial charge in [-0.1, -0.05) is 18.2 Å². The molecule has 25 heavy (non-hydrogen) atoms. The van der Waals surface area contributed by atoms with Gasteiger partial charge in [-0.2, -0.15) is 0 Å². The summed E-state index contributed by atoms with van der Waals surface area (Å²) < 4.78 is 0. The van der Waals surface area contributed by atoms with Crippen LogP contribution >= 0.6 is 0 Å². The number of likely N-dealkylation sites (tertiary alicyclic amines) is 1. The normalized spacial score (nSPS) is 17.6. The van der Waals surface area contributed by atoms with E-state index in [-0.39, 0.29) is 17.6 Å². The van der Waals surface area contributed by atoms with Gasteiger partial charge < -0.3 is 9.88 Å². The number of hydrogen-bond acceptors (Lipinski definition) is 4. The largest absolute Gasteiger partial charge is 0.335 e. The van der Waals surface area contributed by atoms with Gasteiger partial charge in [0.2, 0.25) is 0 Å². The van der Waals surface area contributed by atoms with E-state index in [1.807, 2.05) is 24.3 Å². The van der Waals surface area contributed by atoms with Crippen molar-refractivity contribution in [1.82, 2.24) is 19.9 Å². The van der Waals surface area contributed by atoms with Crippen LogP contribution in [-0.4, -0.2) is 44.6 Å². The van der Waals surface area contributed by atoms with Crippen LogP contribution in [0.3, 0.4) is 0 Å². The predicted octanol–water partition coefficient (Wildman–Crippen LogP) is 2.69. The summed E-state index contributed by atoms with van der Waals surface area (Å²) in [5, 5.41) is 0. The predicted molar refractivity (Wildman–Crippen MR) is 93.3 cm³/mol. The first-order valence-corrected chi connectivity index (χ1v) is 8.41. The van der Waals surface area contributed by atoms with Gasteiger partial charge in [0.05, 0.1) is 11.0 Å². The molecule has 1 saturated heterocycles. The van der Waals surface area contributed by atoms with E-state index >= 15 is 0 Å². The number of benzene rings is 1. The summed E-state index contributed by atoms with van der Waals surface area (Å²) in [5.41, 5.74) is 2.07. The Balaban J connectivity index is 1.52. The molecular formula is C19H18N4O2. The summed E-state index contributed by atoms with van der Waals surface area (Å²) in [7, 11) is 0. The molecule has 0 saturated carbocycles. The zero-order valence-electron chi connectivity index (χ0n) is 13.7. The lowest BCUT2D eigenvalue weighted by Crippen LogP contribution is -2.42. The maximum atomic E-state index is 12.8. The number of Topliss-reactive ketones (excluding diaryl/α,β-unsaturated/α-hetero) is 1. The fraction of sp³-hybridized carbons (Fsp3) is 0.263. The third-order valence-electron chi connectivity index (χ3n) is 4.59. The Morgan fingerprint density at radius 1 is 1.12 bits per heavy atom. The van der Waals surface area contributed by atoms with Crippen molar-refractivity contribution in [3.63, 3.8) is 0 Å². The quantitative estimate of drug-likeness (QED) is 0.747. The number of hydrogen-bond donors (Lipinski definition) is 1. The molecule has 1 atom stereocenters. The van der Waals surface area contributed by atoms with Crippen molar-refractivity contribution in [3.8, 4) is 0 Å². The van der Waals surface area contributed by atoms with Gasteiger partial charge >= 0.3 is 0 Å². The van der Waals surface area contributed by atoms with Gasteiger partial charge in [0.15, 0.2) is 11.6 Å². The molecule has 1 N–H and O–H groups in total. The van der Waals surface area contributed by atoms with E-state index < -0.39 is 0 Å². The summed E-state index contributed by atoms with van der Waals surface area (Å²) in [6, 6.07) is 12.9. The maximum Gasteiger partial charge on any atom is 0.289 e. The van der Waals surface area contributed by atoms with Gasteiger partial charge in [-0.05, 0) is 37.1 Å². The van der Waals surface area contributed by atoms with Crippen LogP contribution in [0.5, 0.6) is 0 Å². The molecule has 1 unspecified atom stereocenters. The molecule has 6 heteroatoms. The lowest BCUT2D eigenvalue weighted by Gasteiger charge is -2.31. The van der Waals surface area contributed by atoms with Crippen molar-refractivity contribution in [1.29, 1.82) is 0 Å². The molecule has 2 aromatic heterocycles. The number of nitrogens with zero attached hydrogens (tertiary/aromatic N) is 3. The van der Waals surface area contributed by atoms with Gasteiger partial charge in [0.25, 0.3) is 5.91 Å². The number of amides is 1. The minimum atomic E-state index is -0.211. The fourth-order valence-corrected chi connectivity index (χ4v) is 3.30. The van der Waals surface area contributed by atoms with Crippen molar-refractivity contribution < 1.29 is 9.59 Å². The van der Waals surface area contributed by atoms with Crippen LogP contribution in [0.15, 0.2) is 48.7 Å². The molecule has 1 fully saturated rings. The number of piperidine rings is 1. The highest BCUT2D eigenvalue weighted by Crippen LogP contribution is 2.22. The topological polar surface area (TPSA) is 79.0 Å². The monoisotopic (exact) mass is 334 g/mol. The van der Waals surface area contributed by atoms with Crippen molar-refractivity contribution in [3.05, 3.63) is 60.2 Å². The molecule has 0 aliphatic carbocycles. The lowest BCUT2D eigenvalue weighted by molar-refractivity contribution is 0.0626. The first kappa shape index (κ1) is 15.5. The molecule has 0 bridgehead atoms. The minimum Gasteiger partial charge on any atom is -0.335 e. The Kier molecular flexibility index (Phi) is 4.01. The molecule has 0 spiro atoms. The van der Waals surface area contributed by atoms with Crippen molar-refractivity contribution in [2.24, 2.45) is 5.92 Å². The number of H-pyrrole nitrogens is 1. The molecule has 1 aliphatic heterocycles. The van der Waals surface area contributed by atoms with Crippen molar-refractivity contribution in [2.75, 3.05) is 13.1 Å². The van der Waals surface area contributed by atoms with Crippen LogP contribution in [0.4, 0.5) is 0 Å². The van der Waals surface area contributed by atoms with E-state index in [0.29, 0.717) is 24.6 Å². The van der Waals surface area contributed by atoms with E-state index in [0.717, 1.165) is 23.9 Å². The zero-order chi connectivity index (χ0) is 17.2.